The lowest BCUT2D eigenvalue weighted by Crippen LogP contribution is -2.09. The van der Waals surface area contributed by atoms with Gasteiger partial charge >= 0.3 is 5.97 Å². The summed E-state index contributed by atoms with van der Waals surface area (Å²) in [6.45, 7) is 4.50. The van der Waals surface area contributed by atoms with Gasteiger partial charge in [0.1, 0.15) is 12.2 Å². The van der Waals surface area contributed by atoms with Crippen LogP contribution in [0.1, 0.15) is 17.1 Å². The average molecular weight is 234 g/mol. The number of hydrogen-bond acceptors (Lipinski definition) is 3. The molecule has 0 radical (unpaired) electrons. The Morgan fingerprint density at radius 3 is 2.59 bits per heavy atom. The molecule has 0 atom stereocenters. The lowest BCUT2D eigenvalue weighted by molar-refractivity contribution is -0.137. The van der Waals surface area contributed by atoms with Crippen LogP contribution in [0.2, 0.25) is 0 Å². The predicted octanol–water partition coefficient (Wildman–Crippen LogP) is 0.829. The number of rotatable bonds is 4. The Hall–Kier alpha value is -2.11. The Morgan fingerprint density at radius 2 is 2.00 bits per heavy atom. The Kier molecular flexibility index (Phi) is 2.95. The van der Waals surface area contributed by atoms with Gasteiger partial charge in [-0.2, -0.15) is 0 Å². The Balaban J connectivity index is 2.14. The predicted molar refractivity (Wildman–Crippen MR) is 60.7 cm³/mol. The summed E-state index contributed by atoms with van der Waals surface area (Å²) in [5, 5.41) is 16.4. The van der Waals surface area contributed by atoms with Gasteiger partial charge in [0, 0.05) is 11.4 Å². The van der Waals surface area contributed by atoms with Crippen LogP contribution < -0.4 is 0 Å². The molecule has 0 aliphatic rings. The number of hydrogen-bond donors (Lipinski definition) is 1. The zero-order chi connectivity index (χ0) is 12.4. The Labute approximate surface area is 98.5 Å². The first-order valence-corrected chi connectivity index (χ1v) is 5.30. The fourth-order valence-electron chi connectivity index (χ4n) is 1.74. The molecule has 6 nitrogen and oxygen atoms in total. The van der Waals surface area contributed by atoms with E-state index in [0.717, 1.165) is 17.1 Å². The summed E-state index contributed by atoms with van der Waals surface area (Å²) in [5.74, 6) is -0.922. The van der Waals surface area contributed by atoms with Gasteiger partial charge in [0.15, 0.2) is 0 Å². The summed E-state index contributed by atoms with van der Waals surface area (Å²) < 4.78 is 3.43. The molecule has 0 amide bonds. The highest BCUT2D eigenvalue weighted by Gasteiger charge is 2.07. The van der Waals surface area contributed by atoms with Gasteiger partial charge in [0.25, 0.3) is 0 Å². The van der Waals surface area contributed by atoms with Crippen molar-refractivity contribution in [3.8, 4) is 0 Å². The molecule has 17 heavy (non-hydrogen) atoms. The maximum absolute atomic E-state index is 10.5. The first kappa shape index (κ1) is 11.4. The highest BCUT2D eigenvalue weighted by molar-refractivity contribution is 5.66. The van der Waals surface area contributed by atoms with Gasteiger partial charge in [-0.15, -0.1) is 5.10 Å². The summed E-state index contributed by atoms with van der Waals surface area (Å²) >= 11 is 0. The zero-order valence-electron chi connectivity index (χ0n) is 9.79. The molecular weight excluding hydrogens is 220 g/mol. The van der Waals surface area contributed by atoms with Gasteiger partial charge < -0.3 is 9.67 Å². The third-order valence-corrected chi connectivity index (χ3v) is 2.62. The van der Waals surface area contributed by atoms with Crippen molar-refractivity contribution in [3.05, 3.63) is 35.4 Å². The number of carboxylic acids is 1. The van der Waals surface area contributed by atoms with E-state index in [4.69, 9.17) is 5.11 Å². The van der Waals surface area contributed by atoms with E-state index >= 15 is 0 Å². The average Bonchev–Trinajstić information content (AvgIpc) is 2.79. The molecule has 2 aromatic rings. The summed E-state index contributed by atoms with van der Waals surface area (Å²) in [6.07, 6.45) is 1.66. The highest BCUT2D eigenvalue weighted by atomic mass is 16.4. The molecule has 2 aromatic heterocycles. The lowest BCUT2D eigenvalue weighted by Gasteiger charge is -2.05. The molecule has 2 rings (SSSR count). The van der Waals surface area contributed by atoms with Crippen LogP contribution in [0.3, 0.4) is 0 Å². The van der Waals surface area contributed by atoms with Crippen LogP contribution in [0.5, 0.6) is 0 Å². The molecule has 1 N–H and O–H groups in total. The minimum atomic E-state index is -0.922. The number of aromatic nitrogens is 4. The number of aryl methyl sites for hydroxylation is 2. The first-order chi connectivity index (χ1) is 8.06. The zero-order valence-corrected chi connectivity index (χ0v) is 9.79. The molecular formula is C11H14N4O2. The number of carbonyl (C=O) groups is 1. The van der Waals surface area contributed by atoms with Crippen molar-refractivity contribution in [2.24, 2.45) is 0 Å². The number of carboxylic acid groups (broad SMARTS) is 1. The van der Waals surface area contributed by atoms with Crippen molar-refractivity contribution in [2.45, 2.75) is 26.9 Å². The van der Waals surface area contributed by atoms with Gasteiger partial charge in [0.2, 0.25) is 0 Å². The highest BCUT2D eigenvalue weighted by Crippen LogP contribution is 2.09. The standard InChI is InChI=1S/C11H14N4O2/c1-8-3-4-9(2)15(8)6-10-5-14(13-12-10)7-11(16)17/h3-5H,6-7H2,1-2H3,(H,16,17). The second-order valence-corrected chi connectivity index (χ2v) is 4.00. The fraction of sp³-hybridized carbons (Fsp3) is 0.364. The monoisotopic (exact) mass is 234 g/mol. The minimum Gasteiger partial charge on any atom is -0.480 e. The van der Waals surface area contributed by atoms with E-state index in [1.54, 1.807) is 6.20 Å². The molecule has 90 valence electrons. The van der Waals surface area contributed by atoms with Crippen LogP contribution in [0.25, 0.3) is 0 Å². The van der Waals surface area contributed by atoms with E-state index in [1.807, 2.05) is 26.0 Å². The van der Waals surface area contributed by atoms with Crippen LogP contribution in [0, 0.1) is 13.8 Å². The van der Waals surface area contributed by atoms with Gasteiger partial charge in [-0.3, -0.25) is 4.79 Å². The van der Waals surface area contributed by atoms with E-state index < -0.39 is 5.97 Å². The van der Waals surface area contributed by atoms with E-state index in [1.165, 1.54) is 4.68 Å². The van der Waals surface area contributed by atoms with Crippen molar-refractivity contribution in [1.82, 2.24) is 19.6 Å². The van der Waals surface area contributed by atoms with Crippen LogP contribution in [-0.4, -0.2) is 30.6 Å². The van der Waals surface area contributed by atoms with Crippen LogP contribution in [0.15, 0.2) is 18.3 Å². The van der Waals surface area contributed by atoms with E-state index in [9.17, 15) is 4.79 Å². The van der Waals surface area contributed by atoms with Crippen molar-refractivity contribution in [1.29, 1.82) is 0 Å². The smallest absolute Gasteiger partial charge is 0.325 e. The summed E-state index contributed by atoms with van der Waals surface area (Å²) in [6, 6.07) is 4.08. The van der Waals surface area contributed by atoms with Gasteiger partial charge in [-0.05, 0) is 26.0 Å². The van der Waals surface area contributed by atoms with Crippen molar-refractivity contribution < 1.29 is 9.90 Å². The third kappa shape index (κ3) is 2.52. The molecule has 0 bridgehead atoms. The maximum Gasteiger partial charge on any atom is 0.325 e. The first-order valence-electron chi connectivity index (χ1n) is 5.30. The summed E-state index contributed by atoms with van der Waals surface area (Å²) in [4.78, 5) is 10.5. The van der Waals surface area contributed by atoms with Crippen LogP contribution >= 0.6 is 0 Å². The van der Waals surface area contributed by atoms with E-state index in [2.05, 4.69) is 14.9 Å². The van der Waals surface area contributed by atoms with E-state index in [-0.39, 0.29) is 6.54 Å². The SMILES string of the molecule is Cc1ccc(C)n1Cc1cn(CC(=O)O)nn1. The maximum atomic E-state index is 10.5. The Bertz CT molecular complexity index is 522. The molecule has 0 spiro atoms. The minimum absolute atomic E-state index is 0.156. The van der Waals surface area contributed by atoms with Gasteiger partial charge in [-0.25, -0.2) is 4.68 Å². The molecule has 6 heteroatoms. The molecule has 0 saturated heterocycles. The summed E-state index contributed by atoms with van der Waals surface area (Å²) in [5.41, 5.74) is 3.05. The molecule has 2 heterocycles. The Morgan fingerprint density at radius 1 is 1.35 bits per heavy atom. The molecule has 0 aliphatic carbocycles. The second-order valence-electron chi connectivity index (χ2n) is 4.00. The van der Waals surface area contributed by atoms with Crippen molar-refractivity contribution in [3.63, 3.8) is 0 Å². The van der Waals surface area contributed by atoms with Crippen LogP contribution in [0.4, 0.5) is 0 Å². The third-order valence-electron chi connectivity index (χ3n) is 2.62. The van der Waals surface area contributed by atoms with Gasteiger partial charge in [-0.1, -0.05) is 5.21 Å². The molecule has 0 aliphatic heterocycles. The quantitative estimate of drug-likeness (QED) is 0.850. The normalized spacial score (nSPS) is 10.7. The number of aliphatic carboxylic acids is 1. The molecule has 0 fully saturated rings. The van der Waals surface area contributed by atoms with Crippen LogP contribution in [-0.2, 0) is 17.9 Å². The molecule has 0 aromatic carbocycles. The molecule has 0 unspecified atom stereocenters. The second kappa shape index (κ2) is 4.40. The van der Waals surface area contributed by atoms with Crippen molar-refractivity contribution >= 4 is 5.97 Å². The summed E-state index contributed by atoms with van der Waals surface area (Å²) in [7, 11) is 0. The fourth-order valence-corrected chi connectivity index (χ4v) is 1.74. The topological polar surface area (TPSA) is 72.9 Å². The van der Waals surface area contributed by atoms with Gasteiger partial charge in [0.05, 0.1) is 12.7 Å². The van der Waals surface area contributed by atoms with Crippen molar-refractivity contribution in [2.75, 3.05) is 0 Å². The number of nitrogens with zero attached hydrogens (tertiary/aromatic N) is 4. The molecule has 0 saturated carbocycles. The lowest BCUT2D eigenvalue weighted by atomic mass is 10.4. The van der Waals surface area contributed by atoms with E-state index in [0.29, 0.717) is 6.54 Å². The largest absolute Gasteiger partial charge is 0.480 e.